The molecular formula is C19H22FN5O3. The zero-order valence-electron chi connectivity index (χ0n) is 15.7. The average molecular weight is 387 g/mol. The molecule has 2 heterocycles. The summed E-state index contributed by atoms with van der Waals surface area (Å²) in [6, 6.07) is 6.74. The Bertz CT molecular complexity index is 859. The largest absolute Gasteiger partial charge is 0.488 e. The number of ether oxygens (including phenoxy) is 1. The molecule has 1 saturated heterocycles. The van der Waals surface area contributed by atoms with E-state index in [1.807, 2.05) is 0 Å². The van der Waals surface area contributed by atoms with Gasteiger partial charge in [-0.05, 0) is 38.0 Å². The lowest BCUT2D eigenvalue weighted by atomic mass is 10.1. The molecule has 0 radical (unpaired) electrons. The van der Waals surface area contributed by atoms with Gasteiger partial charge in [0.1, 0.15) is 17.7 Å². The van der Waals surface area contributed by atoms with Crippen molar-refractivity contribution in [3.8, 4) is 5.75 Å². The van der Waals surface area contributed by atoms with Crippen molar-refractivity contribution in [3.05, 3.63) is 41.8 Å². The van der Waals surface area contributed by atoms with Gasteiger partial charge >= 0.3 is 6.03 Å². The van der Waals surface area contributed by atoms with E-state index in [0.717, 1.165) is 18.5 Å². The Balaban J connectivity index is 1.63. The molecule has 8 nitrogen and oxygen atoms in total. The first kappa shape index (κ1) is 19.5. The van der Waals surface area contributed by atoms with Crippen molar-refractivity contribution in [2.24, 2.45) is 0 Å². The molecule has 0 spiro atoms. The molecule has 3 rings (SSSR count). The summed E-state index contributed by atoms with van der Waals surface area (Å²) >= 11 is 0. The van der Waals surface area contributed by atoms with E-state index in [0.29, 0.717) is 18.8 Å². The maximum Gasteiger partial charge on any atom is 0.324 e. The maximum atomic E-state index is 14.0. The Hall–Kier alpha value is -3.23. The Morgan fingerprint density at radius 3 is 2.75 bits per heavy atom. The van der Waals surface area contributed by atoms with Gasteiger partial charge < -0.3 is 15.0 Å². The average Bonchev–Trinajstić information content (AvgIpc) is 2.63. The molecule has 2 N–H and O–H groups in total. The van der Waals surface area contributed by atoms with E-state index in [2.05, 4.69) is 20.8 Å². The smallest absolute Gasteiger partial charge is 0.324 e. The number of benzene rings is 1. The van der Waals surface area contributed by atoms with Crippen molar-refractivity contribution in [2.75, 3.05) is 23.7 Å². The van der Waals surface area contributed by atoms with Crippen molar-refractivity contribution >= 4 is 23.4 Å². The molecule has 1 aromatic carbocycles. The van der Waals surface area contributed by atoms with E-state index in [1.54, 1.807) is 24.0 Å². The number of carbonyl (C=O) groups excluding carboxylic acids is 2. The summed E-state index contributed by atoms with van der Waals surface area (Å²) in [6.07, 6.45) is 1.38. The van der Waals surface area contributed by atoms with Crippen molar-refractivity contribution in [2.45, 2.75) is 32.8 Å². The van der Waals surface area contributed by atoms with Crippen molar-refractivity contribution in [1.29, 1.82) is 0 Å². The topological polar surface area (TPSA) is 96.5 Å². The van der Waals surface area contributed by atoms with Gasteiger partial charge in [-0.2, -0.15) is 5.10 Å². The highest BCUT2D eigenvalue weighted by atomic mass is 19.1. The van der Waals surface area contributed by atoms with Crippen LogP contribution in [-0.2, 0) is 4.79 Å². The third-order valence-electron chi connectivity index (χ3n) is 4.29. The number of urea groups is 1. The predicted octanol–water partition coefficient (Wildman–Crippen LogP) is 2.96. The Labute approximate surface area is 162 Å². The summed E-state index contributed by atoms with van der Waals surface area (Å²) < 4.78 is 19.8. The second-order valence-corrected chi connectivity index (χ2v) is 6.66. The number of anilines is 2. The number of hydrogen-bond acceptors (Lipinski definition) is 5. The van der Waals surface area contributed by atoms with E-state index in [9.17, 15) is 14.0 Å². The highest BCUT2D eigenvalue weighted by Gasteiger charge is 2.23. The molecule has 9 heteroatoms. The van der Waals surface area contributed by atoms with Crippen molar-refractivity contribution < 1.29 is 18.7 Å². The molecule has 1 aliphatic rings. The molecule has 3 amide bonds. The third kappa shape index (κ3) is 5.38. The van der Waals surface area contributed by atoms with E-state index in [1.165, 1.54) is 25.1 Å². The molecule has 1 atom stereocenters. The number of halogens is 1. The molecular weight excluding hydrogens is 365 g/mol. The van der Waals surface area contributed by atoms with Crippen LogP contribution >= 0.6 is 0 Å². The van der Waals surface area contributed by atoms with Gasteiger partial charge in [0.15, 0.2) is 5.82 Å². The van der Waals surface area contributed by atoms with Crippen LogP contribution in [0.25, 0.3) is 0 Å². The molecule has 148 valence electrons. The van der Waals surface area contributed by atoms with Crippen LogP contribution in [0.2, 0.25) is 0 Å². The summed E-state index contributed by atoms with van der Waals surface area (Å²) in [5, 5.41) is 12.8. The number of aryl methyl sites for hydroxylation is 1. The number of hydrogen-bond donors (Lipinski definition) is 2. The minimum absolute atomic E-state index is 0.00854. The zero-order valence-corrected chi connectivity index (χ0v) is 15.7. The fourth-order valence-corrected chi connectivity index (χ4v) is 2.96. The normalized spacial score (nSPS) is 16.4. The fraction of sp³-hybridized carbons (Fsp3) is 0.368. The number of rotatable bonds is 4. The molecule has 0 saturated carbocycles. The molecule has 2 aromatic rings. The molecule has 1 aliphatic heterocycles. The first-order valence-electron chi connectivity index (χ1n) is 9.00. The summed E-state index contributed by atoms with van der Waals surface area (Å²) in [5.74, 6) is 0.0243. The van der Waals surface area contributed by atoms with Crippen LogP contribution in [0.1, 0.15) is 25.5 Å². The van der Waals surface area contributed by atoms with Crippen molar-refractivity contribution in [3.63, 3.8) is 0 Å². The summed E-state index contributed by atoms with van der Waals surface area (Å²) in [4.78, 5) is 25.4. The number of nitrogens with zero attached hydrogens (tertiary/aromatic N) is 3. The Kier molecular flexibility index (Phi) is 6.03. The minimum atomic E-state index is -0.574. The zero-order chi connectivity index (χ0) is 20.1. The number of likely N-dealkylation sites (tertiary alicyclic amines) is 1. The molecule has 1 unspecified atom stereocenters. The minimum Gasteiger partial charge on any atom is -0.488 e. The van der Waals surface area contributed by atoms with Crippen LogP contribution in [0.3, 0.4) is 0 Å². The monoisotopic (exact) mass is 387 g/mol. The molecule has 28 heavy (non-hydrogen) atoms. The van der Waals surface area contributed by atoms with Crippen molar-refractivity contribution in [1.82, 2.24) is 15.1 Å². The van der Waals surface area contributed by atoms with Crippen LogP contribution in [0.4, 0.5) is 20.7 Å². The van der Waals surface area contributed by atoms with Gasteiger partial charge in [-0.1, -0.05) is 0 Å². The van der Waals surface area contributed by atoms with Crippen LogP contribution in [-0.4, -0.2) is 46.2 Å². The number of piperidine rings is 1. The lowest BCUT2D eigenvalue weighted by Gasteiger charge is -2.32. The van der Waals surface area contributed by atoms with Crippen LogP contribution in [0.5, 0.6) is 5.75 Å². The number of carbonyl (C=O) groups is 2. The van der Waals surface area contributed by atoms with E-state index in [-0.39, 0.29) is 23.5 Å². The third-order valence-corrected chi connectivity index (χ3v) is 4.29. The van der Waals surface area contributed by atoms with E-state index in [4.69, 9.17) is 4.74 Å². The first-order valence-corrected chi connectivity index (χ1v) is 9.00. The highest BCUT2D eigenvalue weighted by molar-refractivity contribution is 5.99. The van der Waals surface area contributed by atoms with Gasteiger partial charge in [-0.3, -0.25) is 10.1 Å². The molecule has 1 fully saturated rings. The van der Waals surface area contributed by atoms with Crippen LogP contribution in [0.15, 0.2) is 30.3 Å². The second-order valence-electron chi connectivity index (χ2n) is 6.66. The standard InChI is InChI=1S/C19H22FN5O3/c1-12-5-6-18(24-23-12)22-19(27)21-15-8-14(20)9-17(10-15)28-16-4-3-7-25(11-16)13(2)26/h5-6,8-10,16H,3-4,7,11H2,1-2H3,(H2,21,22,24,27). The highest BCUT2D eigenvalue weighted by Crippen LogP contribution is 2.24. The van der Waals surface area contributed by atoms with Gasteiger partial charge in [0, 0.05) is 31.3 Å². The Morgan fingerprint density at radius 2 is 2.04 bits per heavy atom. The Morgan fingerprint density at radius 1 is 1.21 bits per heavy atom. The number of aromatic nitrogens is 2. The van der Waals surface area contributed by atoms with Gasteiger partial charge in [-0.15, -0.1) is 5.10 Å². The predicted molar refractivity (Wildman–Crippen MR) is 102 cm³/mol. The number of nitrogens with one attached hydrogen (secondary N) is 2. The number of amides is 3. The SMILES string of the molecule is CC(=O)N1CCCC(Oc2cc(F)cc(NC(=O)Nc3ccc(C)nn3)c2)C1. The van der Waals surface area contributed by atoms with Gasteiger partial charge in [0.2, 0.25) is 5.91 Å². The van der Waals surface area contributed by atoms with E-state index < -0.39 is 11.8 Å². The maximum absolute atomic E-state index is 14.0. The van der Waals surface area contributed by atoms with Gasteiger partial charge in [0.05, 0.1) is 12.2 Å². The fourth-order valence-electron chi connectivity index (χ4n) is 2.96. The van der Waals surface area contributed by atoms with E-state index >= 15 is 0 Å². The van der Waals surface area contributed by atoms with Gasteiger partial charge in [0.25, 0.3) is 0 Å². The molecule has 0 aliphatic carbocycles. The molecule has 0 bridgehead atoms. The second kappa shape index (κ2) is 8.64. The van der Waals surface area contributed by atoms with Gasteiger partial charge in [-0.25, -0.2) is 9.18 Å². The summed E-state index contributed by atoms with van der Waals surface area (Å²) in [5.41, 5.74) is 0.968. The first-order chi connectivity index (χ1) is 13.4. The lowest BCUT2D eigenvalue weighted by molar-refractivity contribution is -0.131. The van der Waals surface area contributed by atoms with Crippen LogP contribution < -0.4 is 15.4 Å². The lowest BCUT2D eigenvalue weighted by Crippen LogP contribution is -2.43. The molecule has 1 aromatic heterocycles. The quantitative estimate of drug-likeness (QED) is 0.841. The van der Waals surface area contributed by atoms with Crippen LogP contribution in [0, 0.1) is 12.7 Å². The summed E-state index contributed by atoms with van der Waals surface area (Å²) in [6.45, 7) is 4.46. The summed E-state index contributed by atoms with van der Waals surface area (Å²) in [7, 11) is 0.